The van der Waals surface area contributed by atoms with Crippen molar-refractivity contribution in [3.63, 3.8) is 0 Å². The van der Waals surface area contributed by atoms with E-state index in [2.05, 4.69) is 42.9 Å². The monoisotopic (exact) mass is 662 g/mol. The highest BCUT2D eigenvalue weighted by atomic mass is 79.9. The molecule has 4 rings (SSSR count). The first kappa shape index (κ1) is 29.9. The van der Waals surface area contributed by atoms with Crippen molar-refractivity contribution in [2.75, 3.05) is 13.2 Å². The number of hydroxylamine groups is 2. The molecule has 0 amide bonds. The first-order chi connectivity index (χ1) is 17.3. The summed E-state index contributed by atoms with van der Waals surface area (Å²) in [5.74, 6) is 1.04. The van der Waals surface area contributed by atoms with Gasteiger partial charge in [-0.15, -0.1) is 0 Å². The number of rotatable bonds is 6. The number of pyridine rings is 1. The number of ether oxygens (including phenoxy) is 1. The number of halogens is 6. The minimum atomic E-state index is -4.38. The highest BCUT2D eigenvalue weighted by Gasteiger charge is 2.30. The van der Waals surface area contributed by atoms with E-state index < -0.39 is 11.7 Å². The molecule has 0 radical (unpaired) electrons. The molecular weight excluding hydrogens is 637 g/mol. The fraction of sp³-hybridized carbons (Fsp3) is 0.370. The molecule has 2 heterocycles. The molecule has 2 aromatic carbocycles. The number of alkyl halides is 3. The minimum Gasteiger partial charge on any atom is -0.493 e. The number of fused-ring (bicyclic) bond motifs is 1. The molecule has 0 saturated carbocycles. The van der Waals surface area contributed by atoms with Crippen LogP contribution in [-0.4, -0.2) is 28.7 Å². The van der Waals surface area contributed by atoms with E-state index in [0.29, 0.717) is 23.7 Å². The van der Waals surface area contributed by atoms with Crippen molar-refractivity contribution in [3.05, 3.63) is 91.1 Å². The summed E-state index contributed by atoms with van der Waals surface area (Å²) < 4.78 is 45.2. The predicted octanol–water partition coefficient (Wildman–Crippen LogP) is 8.68. The maximum absolute atomic E-state index is 12.6. The Labute approximate surface area is 237 Å². The molecule has 1 aromatic heterocycles. The van der Waals surface area contributed by atoms with E-state index in [1.54, 1.807) is 11.1 Å². The number of benzene rings is 2. The van der Waals surface area contributed by atoms with Crippen LogP contribution < -0.4 is 4.74 Å². The Bertz CT molecular complexity index is 1190. The molecule has 0 spiro atoms. The molecule has 0 atom stereocenters. The molecule has 0 N–H and O–H groups in total. The zero-order valence-corrected chi connectivity index (χ0v) is 24.6. The van der Waals surface area contributed by atoms with E-state index in [1.807, 2.05) is 45.0 Å². The molecule has 3 aromatic rings. The smallest absolute Gasteiger partial charge is 0.417 e. The standard InChI is InChI=1S/C19H21BrClF3N2O.C8H7BrO/c1-18(2,3)26(27-12-13-10-15(20)5-7-17(13)21)9-8-16-6-4-14(11-25-16)19(22,23)24;9-7-2-1-6-3-4-10-8(6)5-7/h4-7,10-11H,8-9,12H2,1-3H3;1-2,5H,3-4H2. The highest BCUT2D eigenvalue weighted by molar-refractivity contribution is 9.10. The van der Waals surface area contributed by atoms with Crippen molar-refractivity contribution in [3.8, 4) is 5.75 Å². The normalized spacial score (nSPS) is 13.1. The Balaban J connectivity index is 0.000000313. The van der Waals surface area contributed by atoms with Gasteiger partial charge in [-0.2, -0.15) is 18.2 Å². The summed E-state index contributed by atoms with van der Waals surface area (Å²) in [7, 11) is 0. The Morgan fingerprint density at radius 3 is 2.38 bits per heavy atom. The summed E-state index contributed by atoms with van der Waals surface area (Å²) in [5, 5.41) is 2.40. The zero-order valence-electron chi connectivity index (χ0n) is 20.7. The molecule has 0 bridgehead atoms. The van der Waals surface area contributed by atoms with Gasteiger partial charge in [-0.25, -0.2) is 0 Å². The van der Waals surface area contributed by atoms with Gasteiger partial charge in [0.1, 0.15) is 5.75 Å². The van der Waals surface area contributed by atoms with Crippen LogP contribution in [0.25, 0.3) is 0 Å². The predicted molar refractivity (Wildman–Crippen MR) is 147 cm³/mol. The molecule has 1 aliphatic heterocycles. The fourth-order valence-electron chi connectivity index (χ4n) is 3.49. The number of aromatic nitrogens is 1. The second-order valence-electron chi connectivity index (χ2n) is 9.42. The second-order valence-corrected chi connectivity index (χ2v) is 11.7. The van der Waals surface area contributed by atoms with Gasteiger partial charge in [-0.1, -0.05) is 49.5 Å². The maximum Gasteiger partial charge on any atom is 0.417 e. The van der Waals surface area contributed by atoms with Crippen LogP contribution in [0.4, 0.5) is 13.2 Å². The van der Waals surface area contributed by atoms with Gasteiger partial charge in [-0.3, -0.25) is 9.82 Å². The van der Waals surface area contributed by atoms with Crippen molar-refractivity contribution in [1.82, 2.24) is 10.0 Å². The molecule has 0 fully saturated rings. The molecule has 4 nitrogen and oxygen atoms in total. The van der Waals surface area contributed by atoms with Crippen LogP contribution in [0, 0.1) is 0 Å². The largest absolute Gasteiger partial charge is 0.493 e. The SMILES string of the molecule is Brc1ccc2c(c1)OCC2.CC(C)(C)N(CCc1ccc(C(F)(F)F)cn1)OCc1cc(Br)ccc1Cl. The van der Waals surface area contributed by atoms with Crippen molar-refractivity contribution in [1.29, 1.82) is 0 Å². The van der Waals surface area contributed by atoms with Crippen LogP contribution in [0.15, 0.2) is 63.7 Å². The lowest BCUT2D eigenvalue weighted by Crippen LogP contribution is -2.42. The molecule has 0 unspecified atom stereocenters. The second kappa shape index (κ2) is 12.9. The Kier molecular flexibility index (Phi) is 10.5. The van der Waals surface area contributed by atoms with Crippen LogP contribution >= 0.6 is 43.5 Å². The van der Waals surface area contributed by atoms with E-state index >= 15 is 0 Å². The Morgan fingerprint density at radius 2 is 1.73 bits per heavy atom. The molecule has 0 aliphatic carbocycles. The van der Waals surface area contributed by atoms with Gasteiger partial charge in [0.05, 0.1) is 18.8 Å². The van der Waals surface area contributed by atoms with Crippen molar-refractivity contribution in [2.24, 2.45) is 0 Å². The minimum absolute atomic E-state index is 0.288. The van der Waals surface area contributed by atoms with Gasteiger partial charge in [-0.05, 0) is 74.4 Å². The van der Waals surface area contributed by atoms with Gasteiger partial charge < -0.3 is 4.74 Å². The van der Waals surface area contributed by atoms with E-state index in [1.165, 1.54) is 11.6 Å². The van der Waals surface area contributed by atoms with Crippen molar-refractivity contribution >= 4 is 43.5 Å². The van der Waals surface area contributed by atoms with Crippen LogP contribution in [0.3, 0.4) is 0 Å². The average molecular weight is 665 g/mol. The number of hydrogen-bond acceptors (Lipinski definition) is 4. The van der Waals surface area contributed by atoms with Crippen LogP contribution in [0.5, 0.6) is 5.75 Å². The lowest BCUT2D eigenvalue weighted by molar-refractivity contribution is -0.218. The highest BCUT2D eigenvalue weighted by Crippen LogP contribution is 2.29. The summed E-state index contributed by atoms with van der Waals surface area (Å²) >= 11 is 13.0. The third-order valence-corrected chi connectivity index (χ3v) is 6.87. The van der Waals surface area contributed by atoms with Crippen LogP contribution in [0.2, 0.25) is 5.02 Å². The third kappa shape index (κ3) is 9.25. The van der Waals surface area contributed by atoms with Gasteiger partial charge >= 0.3 is 6.18 Å². The first-order valence-electron chi connectivity index (χ1n) is 11.6. The molecular formula is C27H28Br2ClF3N2O2. The summed E-state index contributed by atoms with van der Waals surface area (Å²) in [4.78, 5) is 9.86. The number of hydrogen-bond donors (Lipinski definition) is 0. The lowest BCUT2D eigenvalue weighted by Gasteiger charge is -2.34. The van der Waals surface area contributed by atoms with Gasteiger partial charge in [0, 0.05) is 50.8 Å². The summed E-state index contributed by atoms with van der Waals surface area (Å²) in [6.07, 6.45) is -2.00. The van der Waals surface area contributed by atoms with E-state index in [9.17, 15) is 13.2 Å². The molecule has 0 saturated heterocycles. The molecule has 1 aliphatic rings. The van der Waals surface area contributed by atoms with Crippen molar-refractivity contribution < 1.29 is 22.7 Å². The molecule has 10 heteroatoms. The molecule has 37 heavy (non-hydrogen) atoms. The van der Waals surface area contributed by atoms with Gasteiger partial charge in [0.2, 0.25) is 0 Å². The van der Waals surface area contributed by atoms with Crippen LogP contribution in [0.1, 0.15) is 43.2 Å². The van der Waals surface area contributed by atoms with E-state index in [0.717, 1.165) is 45.5 Å². The van der Waals surface area contributed by atoms with Crippen LogP contribution in [-0.2, 0) is 30.5 Å². The van der Waals surface area contributed by atoms with E-state index in [-0.39, 0.29) is 12.1 Å². The topological polar surface area (TPSA) is 34.6 Å². The summed E-state index contributed by atoms with van der Waals surface area (Å²) in [6.45, 7) is 7.59. The Morgan fingerprint density at radius 1 is 1.03 bits per heavy atom. The maximum atomic E-state index is 12.6. The fourth-order valence-corrected chi connectivity index (χ4v) is 4.41. The first-order valence-corrected chi connectivity index (χ1v) is 13.6. The summed E-state index contributed by atoms with van der Waals surface area (Å²) in [5.41, 5.74) is 1.68. The van der Waals surface area contributed by atoms with Crippen molar-refractivity contribution in [2.45, 2.75) is 51.9 Å². The average Bonchev–Trinajstić information content (AvgIpc) is 3.28. The Hall–Kier alpha value is -1.65. The van der Waals surface area contributed by atoms with Gasteiger partial charge in [0.15, 0.2) is 0 Å². The van der Waals surface area contributed by atoms with Gasteiger partial charge in [0.25, 0.3) is 0 Å². The third-order valence-electron chi connectivity index (χ3n) is 5.51. The summed E-state index contributed by atoms with van der Waals surface area (Å²) in [6, 6.07) is 14.1. The lowest BCUT2D eigenvalue weighted by atomic mass is 10.1. The number of nitrogens with zero attached hydrogens (tertiary/aromatic N) is 2. The van der Waals surface area contributed by atoms with E-state index in [4.69, 9.17) is 21.2 Å². The zero-order chi connectivity index (χ0) is 27.2. The quantitative estimate of drug-likeness (QED) is 0.247. The molecule has 200 valence electrons.